The minimum atomic E-state index is -1.61. The number of carbonyl (C=O) groups is 3. The fraction of sp³-hybridized carbons (Fsp3) is 0.125. The number of Topliss-reactive ketones (excluding diaryl/α,β-unsaturated/α-hetero) is 2. The zero-order valence-corrected chi connectivity index (χ0v) is 11.5. The normalized spacial score (nSPS) is 9.95. The van der Waals surface area contributed by atoms with Gasteiger partial charge in [-0.1, -0.05) is 12.1 Å². The van der Waals surface area contributed by atoms with Gasteiger partial charge in [0.1, 0.15) is 0 Å². The SMILES string of the molecule is N#Cc1cccc(Cn2ccc(C(=O)CC(=O)C(=O)O)c2)c1. The highest BCUT2D eigenvalue weighted by molar-refractivity contribution is 6.37. The second-order valence-electron chi connectivity index (χ2n) is 4.71. The van der Waals surface area contributed by atoms with Crippen LogP contribution in [0.3, 0.4) is 0 Å². The molecule has 22 heavy (non-hydrogen) atoms. The first kappa shape index (κ1) is 15.2. The van der Waals surface area contributed by atoms with Gasteiger partial charge in [0.05, 0.1) is 18.1 Å². The fourth-order valence-electron chi connectivity index (χ4n) is 1.98. The molecule has 0 saturated heterocycles. The van der Waals surface area contributed by atoms with Gasteiger partial charge in [-0.2, -0.15) is 5.26 Å². The van der Waals surface area contributed by atoms with Crippen molar-refractivity contribution in [3.8, 4) is 6.07 Å². The van der Waals surface area contributed by atoms with Crippen LogP contribution >= 0.6 is 0 Å². The minimum absolute atomic E-state index is 0.283. The first-order chi connectivity index (χ1) is 10.5. The average molecular weight is 296 g/mol. The third kappa shape index (κ3) is 3.67. The zero-order valence-electron chi connectivity index (χ0n) is 11.5. The molecule has 0 fully saturated rings. The number of nitrogens with zero attached hydrogens (tertiary/aromatic N) is 2. The predicted molar refractivity (Wildman–Crippen MR) is 76.3 cm³/mol. The van der Waals surface area contributed by atoms with Crippen LogP contribution in [0.15, 0.2) is 42.7 Å². The molecule has 0 unspecified atom stereocenters. The highest BCUT2D eigenvalue weighted by Crippen LogP contribution is 2.10. The number of hydrogen-bond donors (Lipinski definition) is 1. The van der Waals surface area contributed by atoms with Crippen molar-refractivity contribution >= 4 is 17.5 Å². The molecule has 0 spiro atoms. The van der Waals surface area contributed by atoms with Gasteiger partial charge in [0, 0.05) is 24.5 Å². The number of rotatable bonds is 6. The van der Waals surface area contributed by atoms with E-state index in [1.165, 1.54) is 6.07 Å². The second kappa shape index (κ2) is 6.50. The van der Waals surface area contributed by atoms with Crippen LogP contribution in [0.1, 0.15) is 27.9 Å². The second-order valence-corrected chi connectivity index (χ2v) is 4.71. The quantitative estimate of drug-likeness (QED) is 0.496. The Hall–Kier alpha value is -3.20. The van der Waals surface area contributed by atoms with E-state index in [4.69, 9.17) is 10.4 Å². The number of ketones is 2. The van der Waals surface area contributed by atoms with Gasteiger partial charge < -0.3 is 9.67 Å². The van der Waals surface area contributed by atoms with Gasteiger partial charge in [-0.25, -0.2) is 4.79 Å². The van der Waals surface area contributed by atoms with Crippen LogP contribution in [0.25, 0.3) is 0 Å². The molecule has 0 saturated carbocycles. The number of aromatic nitrogens is 1. The Morgan fingerprint density at radius 2 is 2.00 bits per heavy atom. The number of hydrogen-bond acceptors (Lipinski definition) is 4. The highest BCUT2D eigenvalue weighted by Gasteiger charge is 2.18. The van der Waals surface area contributed by atoms with Crippen LogP contribution in [-0.4, -0.2) is 27.2 Å². The van der Waals surface area contributed by atoms with Gasteiger partial charge >= 0.3 is 5.97 Å². The Balaban J connectivity index is 2.08. The molecule has 0 aliphatic carbocycles. The molecule has 1 aromatic heterocycles. The number of carboxylic acids is 1. The number of aliphatic carboxylic acids is 1. The topological polar surface area (TPSA) is 100 Å². The van der Waals surface area contributed by atoms with E-state index in [-0.39, 0.29) is 5.56 Å². The molecule has 110 valence electrons. The molecule has 1 aromatic carbocycles. The zero-order chi connectivity index (χ0) is 16.1. The van der Waals surface area contributed by atoms with Gasteiger partial charge in [-0.05, 0) is 23.8 Å². The van der Waals surface area contributed by atoms with Crippen molar-refractivity contribution in [3.05, 3.63) is 59.4 Å². The predicted octanol–water partition coefficient (Wildman–Crippen LogP) is 1.63. The van der Waals surface area contributed by atoms with Crippen molar-refractivity contribution in [3.63, 3.8) is 0 Å². The summed E-state index contributed by atoms with van der Waals surface area (Å²) in [6, 6.07) is 10.7. The summed E-state index contributed by atoms with van der Waals surface area (Å²) in [7, 11) is 0. The molecule has 1 N–H and O–H groups in total. The van der Waals surface area contributed by atoms with E-state index >= 15 is 0 Å². The fourth-order valence-corrected chi connectivity index (χ4v) is 1.98. The van der Waals surface area contributed by atoms with Crippen molar-refractivity contribution in [1.29, 1.82) is 5.26 Å². The Morgan fingerprint density at radius 3 is 2.68 bits per heavy atom. The van der Waals surface area contributed by atoms with Crippen molar-refractivity contribution in [1.82, 2.24) is 4.57 Å². The first-order valence-electron chi connectivity index (χ1n) is 6.43. The molecule has 1 heterocycles. The summed E-state index contributed by atoms with van der Waals surface area (Å²) in [4.78, 5) is 33.3. The highest BCUT2D eigenvalue weighted by atomic mass is 16.4. The molecular weight excluding hydrogens is 284 g/mol. The van der Waals surface area contributed by atoms with E-state index in [0.717, 1.165) is 5.56 Å². The Bertz CT molecular complexity index is 783. The van der Waals surface area contributed by atoms with Crippen LogP contribution in [0.4, 0.5) is 0 Å². The Labute approximate surface area is 126 Å². The van der Waals surface area contributed by atoms with Crippen molar-refractivity contribution in [2.24, 2.45) is 0 Å². The number of benzene rings is 1. The van der Waals surface area contributed by atoms with E-state index in [0.29, 0.717) is 12.1 Å². The lowest BCUT2D eigenvalue weighted by atomic mass is 10.1. The molecule has 0 atom stereocenters. The number of nitriles is 1. The Morgan fingerprint density at radius 1 is 1.23 bits per heavy atom. The molecule has 6 heteroatoms. The van der Waals surface area contributed by atoms with Crippen molar-refractivity contribution in [2.45, 2.75) is 13.0 Å². The lowest BCUT2D eigenvalue weighted by Crippen LogP contribution is -2.16. The van der Waals surface area contributed by atoms with Gasteiger partial charge in [0.15, 0.2) is 5.78 Å². The molecule has 6 nitrogen and oxygen atoms in total. The summed E-state index contributed by atoms with van der Waals surface area (Å²) in [5.41, 5.74) is 1.73. The van der Waals surface area contributed by atoms with E-state index in [9.17, 15) is 14.4 Å². The van der Waals surface area contributed by atoms with Crippen molar-refractivity contribution in [2.75, 3.05) is 0 Å². The van der Waals surface area contributed by atoms with Crippen LogP contribution in [0.5, 0.6) is 0 Å². The minimum Gasteiger partial charge on any atom is -0.475 e. The number of carbonyl (C=O) groups excluding carboxylic acids is 2. The summed E-state index contributed by atoms with van der Waals surface area (Å²) in [6.07, 6.45) is 2.57. The van der Waals surface area contributed by atoms with E-state index in [1.807, 2.05) is 6.07 Å². The molecule has 2 rings (SSSR count). The molecule has 0 aliphatic rings. The number of carboxylic acid groups (broad SMARTS) is 1. The first-order valence-corrected chi connectivity index (χ1v) is 6.43. The largest absolute Gasteiger partial charge is 0.475 e. The maximum absolute atomic E-state index is 11.8. The third-order valence-corrected chi connectivity index (χ3v) is 3.05. The summed E-state index contributed by atoms with van der Waals surface area (Å²) < 4.78 is 1.73. The molecule has 0 radical (unpaired) electrons. The van der Waals surface area contributed by atoms with E-state index in [2.05, 4.69) is 6.07 Å². The Kier molecular flexibility index (Phi) is 4.49. The van der Waals surface area contributed by atoms with Crippen LogP contribution < -0.4 is 0 Å². The lowest BCUT2D eigenvalue weighted by molar-refractivity contribution is -0.148. The summed E-state index contributed by atoms with van der Waals surface area (Å²) >= 11 is 0. The van der Waals surface area contributed by atoms with Gasteiger partial charge in [0.2, 0.25) is 5.78 Å². The van der Waals surface area contributed by atoms with E-state index < -0.39 is 24.0 Å². The molecule has 0 amide bonds. The molecule has 0 bridgehead atoms. The van der Waals surface area contributed by atoms with Crippen molar-refractivity contribution < 1.29 is 19.5 Å². The van der Waals surface area contributed by atoms with Gasteiger partial charge in [-0.3, -0.25) is 9.59 Å². The monoisotopic (exact) mass is 296 g/mol. The van der Waals surface area contributed by atoms with Crippen LogP contribution in [-0.2, 0) is 16.1 Å². The molecule has 2 aromatic rings. The summed E-state index contributed by atoms with van der Waals surface area (Å²) in [5, 5.41) is 17.3. The average Bonchev–Trinajstić information content (AvgIpc) is 2.95. The standard InChI is InChI=1S/C16H12N2O4/c17-8-11-2-1-3-12(6-11)9-18-5-4-13(10-18)14(19)7-15(20)16(21)22/h1-6,10H,7,9H2,(H,21,22). The lowest BCUT2D eigenvalue weighted by Gasteiger charge is -2.03. The van der Waals surface area contributed by atoms with Crippen LogP contribution in [0.2, 0.25) is 0 Å². The maximum Gasteiger partial charge on any atom is 0.372 e. The summed E-state index contributed by atoms with van der Waals surface area (Å²) in [5.74, 6) is -3.27. The molecular formula is C16H12N2O4. The maximum atomic E-state index is 11.8. The van der Waals surface area contributed by atoms with Gasteiger partial charge in [-0.15, -0.1) is 0 Å². The van der Waals surface area contributed by atoms with Crippen LogP contribution in [0, 0.1) is 11.3 Å². The third-order valence-electron chi connectivity index (χ3n) is 3.05. The van der Waals surface area contributed by atoms with E-state index in [1.54, 1.807) is 35.2 Å². The molecule has 0 aliphatic heterocycles. The van der Waals surface area contributed by atoms with Gasteiger partial charge in [0.25, 0.3) is 0 Å². The summed E-state index contributed by atoms with van der Waals surface area (Å²) in [6.45, 7) is 0.468. The smallest absolute Gasteiger partial charge is 0.372 e.